The zero-order chi connectivity index (χ0) is 15.0. The summed E-state index contributed by atoms with van der Waals surface area (Å²) in [5.41, 5.74) is 4.93. The number of aryl methyl sites for hydroxylation is 2. The van der Waals surface area contributed by atoms with Gasteiger partial charge in [0.1, 0.15) is 5.15 Å². The van der Waals surface area contributed by atoms with Gasteiger partial charge in [0, 0.05) is 23.5 Å². The van der Waals surface area contributed by atoms with Gasteiger partial charge in [0.2, 0.25) is 0 Å². The lowest BCUT2D eigenvalue weighted by molar-refractivity contribution is 0.797. The van der Waals surface area contributed by atoms with E-state index in [1.165, 1.54) is 0 Å². The molecule has 3 aromatic rings. The first-order chi connectivity index (χ1) is 10.0. The molecule has 0 bridgehead atoms. The van der Waals surface area contributed by atoms with Crippen LogP contribution in [0.3, 0.4) is 0 Å². The zero-order valence-electron chi connectivity index (χ0n) is 12.1. The highest BCUT2D eigenvalue weighted by Crippen LogP contribution is 2.22. The quantitative estimate of drug-likeness (QED) is 0.751. The lowest BCUT2D eigenvalue weighted by atomic mass is 10.1. The Balaban J connectivity index is 1.92. The second kappa shape index (κ2) is 5.33. The van der Waals surface area contributed by atoms with Gasteiger partial charge in [0.05, 0.1) is 23.6 Å². The smallest absolute Gasteiger partial charge is 0.155 e. The maximum atomic E-state index is 5.80. The second-order valence-corrected chi connectivity index (χ2v) is 5.48. The van der Waals surface area contributed by atoms with Crippen molar-refractivity contribution in [3.63, 3.8) is 0 Å². The molecule has 0 amide bonds. The van der Waals surface area contributed by atoms with E-state index in [0.29, 0.717) is 5.15 Å². The molecular formula is C15H16ClN5. The summed E-state index contributed by atoms with van der Waals surface area (Å²) in [6.07, 6.45) is 3.62. The molecule has 3 aromatic heterocycles. The normalized spacial score (nSPS) is 12.6. The third-order valence-electron chi connectivity index (χ3n) is 3.46. The highest BCUT2D eigenvalue weighted by molar-refractivity contribution is 6.29. The number of aromatic nitrogens is 4. The Morgan fingerprint density at radius 2 is 2.00 bits per heavy atom. The molecule has 1 N–H and O–H groups in total. The van der Waals surface area contributed by atoms with Gasteiger partial charge in [-0.3, -0.25) is 0 Å². The van der Waals surface area contributed by atoms with Crippen LogP contribution in [0.1, 0.15) is 29.9 Å². The molecule has 21 heavy (non-hydrogen) atoms. The van der Waals surface area contributed by atoms with E-state index in [0.717, 1.165) is 28.3 Å². The van der Waals surface area contributed by atoms with E-state index in [4.69, 9.17) is 11.6 Å². The summed E-state index contributed by atoms with van der Waals surface area (Å²) in [6.45, 7) is 6.10. The molecule has 0 aliphatic heterocycles. The number of nitrogens with one attached hydrogen (secondary N) is 1. The first kappa shape index (κ1) is 13.8. The predicted octanol–water partition coefficient (Wildman–Crippen LogP) is 3.57. The Bertz CT molecular complexity index is 779. The second-order valence-electron chi connectivity index (χ2n) is 5.09. The van der Waals surface area contributed by atoms with Crippen molar-refractivity contribution in [3.8, 4) is 0 Å². The minimum Gasteiger partial charge on any atom is -0.377 e. The molecular weight excluding hydrogens is 286 g/mol. The number of halogens is 1. The van der Waals surface area contributed by atoms with Gasteiger partial charge < -0.3 is 5.32 Å². The summed E-state index contributed by atoms with van der Waals surface area (Å²) in [6, 6.07) is 5.74. The van der Waals surface area contributed by atoms with Crippen LogP contribution in [0.2, 0.25) is 5.15 Å². The first-order valence-electron chi connectivity index (χ1n) is 6.74. The van der Waals surface area contributed by atoms with Crippen LogP contribution in [0.5, 0.6) is 0 Å². The van der Waals surface area contributed by atoms with E-state index in [2.05, 4.69) is 34.2 Å². The predicted molar refractivity (Wildman–Crippen MR) is 83.7 cm³/mol. The topological polar surface area (TPSA) is 55.1 Å². The number of anilines is 1. The number of fused-ring (bicyclic) bond motifs is 1. The standard InChI is InChI=1S/C15H16ClN5/c1-9-6-15-18-8-13(11(3)21(15)20-9)10(2)19-12-4-5-14(16)17-7-12/h4-8,10,19H,1-3H3. The van der Waals surface area contributed by atoms with Crippen LogP contribution in [0.4, 0.5) is 5.69 Å². The average molecular weight is 302 g/mol. The van der Waals surface area contributed by atoms with Gasteiger partial charge in [-0.1, -0.05) is 11.6 Å². The van der Waals surface area contributed by atoms with Crippen molar-refractivity contribution >= 4 is 22.9 Å². The molecule has 0 saturated heterocycles. The van der Waals surface area contributed by atoms with Gasteiger partial charge >= 0.3 is 0 Å². The third kappa shape index (κ3) is 2.69. The summed E-state index contributed by atoms with van der Waals surface area (Å²) in [4.78, 5) is 8.53. The molecule has 5 nitrogen and oxygen atoms in total. The van der Waals surface area contributed by atoms with E-state index in [1.807, 2.05) is 29.8 Å². The van der Waals surface area contributed by atoms with E-state index >= 15 is 0 Å². The monoisotopic (exact) mass is 301 g/mol. The van der Waals surface area contributed by atoms with Crippen molar-refractivity contribution in [2.45, 2.75) is 26.8 Å². The van der Waals surface area contributed by atoms with Crippen molar-refractivity contribution in [1.29, 1.82) is 0 Å². The summed E-state index contributed by atoms with van der Waals surface area (Å²) >= 11 is 5.80. The molecule has 0 fully saturated rings. The van der Waals surface area contributed by atoms with Crippen LogP contribution >= 0.6 is 11.6 Å². The Labute approximate surface area is 128 Å². The number of pyridine rings is 1. The summed E-state index contributed by atoms with van der Waals surface area (Å²) in [5.74, 6) is 0. The first-order valence-corrected chi connectivity index (χ1v) is 7.12. The molecule has 1 atom stereocenters. The highest BCUT2D eigenvalue weighted by atomic mass is 35.5. The molecule has 6 heteroatoms. The Hall–Kier alpha value is -2.14. The van der Waals surface area contributed by atoms with E-state index in [9.17, 15) is 0 Å². The number of nitrogens with zero attached hydrogens (tertiary/aromatic N) is 4. The molecule has 0 aromatic carbocycles. The van der Waals surface area contributed by atoms with Gasteiger partial charge in [-0.15, -0.1) is 0 Å². The third-order valence-corrected chi connectivity index (χ3v) is 3.68. The van der Waals surface area contributed by atoms with Gasteiger partial charge in [-0.2, -0.15) is 5.10 Å². The fourth-order valence-corrected chi connectivity index (χ4v) is 2.50. The van der Waals surface area contributed by atoms with Gasteiger partial charge in [-0.25, -0.2) is 14.5 Å². The molecule has 0 radical (unpaired) electrons. The van der Waals surface area contributed by atoms with Crippen molar-refractivity contribution in [2.75, 3.05) is 5.32 Å². The van der Waals surface area contributed by atoms with E-state index in [1.54, 1.807) is 12.3 Å². The number of hydrogen-bond donors (Lipinski definition) is 1. The molecule has 0 aliphatic carbocycles. The minimum absolute atomic E-state index is 0.0920. The van der Waals surface area contributed by atoms with Gasteiger partial charge in [0.25, 0.3) is 0 Å². The van der Waals surface area contributed by atoms with Gasteiger partial charge in [-0.05, 0) is 32.9 Å². The molecule has 0 aliphatic rings. The van der Waals surface area contributed by atoms with Crippen LogP contribution in [0.25, 0.3) is 5.65 Å². The Morgan fingerprint density at radius 3 is 2.71 bits per heavy atom. The maximum absolute atomic E-state index is 5.80. The van der Waals surface area contributed by atoms with Crippen LogP contribution < -0.4 is 5.32 Å². The molecule has 3 rings (SSSR count). The largest absolute Gasteiger partial charge is 0.377 e. The van der Waals surface area contributed by atoms with Crippen molar-refractivity contribution < 1.29 is 0 Å². The van der Waals surface area contributed by atoms with Crippen LogP contribution in [-0.4, -0.2) is 19.6 Å². The fourth-order valence-electron chi connectivity index (χ4n) is 2.39. The molecule has 0 spiro atoms. The van der Waals surface area contributed by atoms with Crippen LogP contribution in [-0.2, 0) is 0 Å². The number of rotatable bonds is 3. The molecule has 108 valence electrons. The SMILES string of the molecule is Cc1cc2ncc(C(C)Nc3ccc(Cl)nc3)c(C)n2n1. The average Bonchev–Trinajstić information content (AvgIpc) is 2.83. The maximum Gasteiger partial charge on any atom is 0.155 e. The molecule has 0 saturated carbocycles. The Kier molecular flexibility index (Phi) is 3.51. The fraction of sp³-hybridized carbons (Fsp3) is 0.267. The Morgan fingerprint density at radius 1 is 1.19 bits per heavy atom. The van der Waals surface area contributed by atoms with E-state index in [-0.39, 0.29) is 6.04 Å². The zero-order valence-corrected chi connectivity index (χ0v) is 12.9. The van der Waals surface area contributed by atoms with Crippen LogP contribution in [0.15, 0.2) is 30.6 Å². The van der Waals surface area contributed by atoms with Crippen molar-refractivity contribution in [3.05, 3.63) is 52.7 Å². The van der Waals surface area contributed by atoms with Crippen molar-refractivity contribution in [1.82, 2.24) is 19.6 Å². The van der Waals surface area contributed by atoms with Gasteiger partial charge in [0.15, 0.2) is 5.65 Å². The lowest BCUT2D eigenvalue weighted by Crippen LogP contribution is -2.11. The van der Waals surface area contributed by atoms with Crippen molar-refractivity contribution in [2.24, 2.45) is 0 Å². The number of hydrogen-bond acceptors (Lipinski definition) is 4. The van der Waals surface area contributed by atoms with E-state index < -0.39 is 0 Å². The molecule has 1 unspecified atom stereocenters. The molecule has 3 heterocycles. The minimum atomic E-state index is 0.0920. The summed E-state index contributed by atoms with van der Waals surface area (Å²) in [5, 5.41) is 8.35. The van der Waals surface area contributed by atoms with Crippen LogP contribution in [0, 0.1) is 13.8 Å². The lowest BCUT2D eigenvalue weighted by Gasteiger charge is -2.17. The highest BCUT2D eigenvalue weighted by Gasteiger charge is 2.13. The summed E-state index contributed by atoms with van der Waals surface area (Å²) in [7, 11) is 0. The summed E-state index contributed by atoms with van der Waals surface area (Å²) < 4.78 is 1.88.